The first-order valence-corrected chi connectivity index (χ1v) is 12.9. The molecule has 2 rings (SSSR count). The number of halogens is 1. The zero-order valence-corrected chi connectivity index (χ0v) is 19.8. The molecule has 0 aliphatic carbocycles. The molecule has 7 nitrogen and oxygen atoms in total. The van der Waals surface area contributed by atoms with Crippen molar-refractivity contribution in [2.24, 2.45) is 0 Å². The highest BCUT2D eigenvalue weighted by atomic mass is 79.9. The van der Waals surface area contributed by atoms with E-state index in [4.69, 9.17) is 8.84 Å². The molecule has 0 radical (unpaired) electrons. The molecular formula is C20H26BrNO6Si. The summed E-state index contributed by atoms with van der Waals surface area (Å²) in [5, 5.41) is 21.5. The van der Waals surface area contributed by atoms with E-state index in [1.54, 1.807) is 24.3 Å². The Balaban J connectivity index is 2.45. The summed E-state index contributed by atoms with van der Waals surface area (Å²) in [6.45, 7) is 9.97. The van der Waals surface area contributed by atoms with E-state index in [0.717, 1.165) is 4.47 Å². The van der Waals surface area contributed by atoms with E-state index in [0.29, 0.717) is 5.56 Å². The zero-order valence-electron chi connectivity index (χ0n) is 17.2. The molecular weight excluding hydrogens is 458 g/mol. The van der Waals surface area contributed by atoms with E-state index in [-0.39, 0.29) is 23.2 Å². The minimum absolute atomic E-state index is 0.0291. The molecule has 0 saturated carbocycles. The number of hydrogen-bond acceptors (Lipinski definition) is 6. The van der Waals surface area contributed by atoms with Crippen LogP contribution in [0.2, 0.25) is 18.1 Å². The Hall–Kier alpha value is -1.97. The molecule has 1 aromatic carbocycles. The normalized spacial score (nSPS) is 13.3. The van der Waals surface area contributed by atoms with E-state index < -0.39 is 36.9 Å². The predicted molar refractivity (Wildman–Crippen MR) is 116 cm³/mol. The first-order valence-electron chi connectivity index (χ1n) is 9.19. The van der Waals surface area contributed by atoms with Crippen molar-refractivity contribution in [3.8, 4) is 5.75 Å². The Morgan fingerprint density at radius 3 is 2.38 bits per heavy atom. The number of nitrogens with zero attached hydrogens (tertiary/aromatic N) is 1. The van der Waals surface area contributed by atoms with Crippen LogP contribution in [0.15, 0.2) is 44.0 Å². The summed E-state index contributed by atoms with van der Waals surface area (Å²) >= 11 is 3.32. The van der Waals surface area contributed by atoms with Crippen LogP contribution in [0.5, 0.6) is 5.75 Å². The van der Waals surface area contributed by atoms with Crippen LogP contribution in [-0.4, -0.2) is 24.9 Å². The Morgan fingerprint density at radius 2 is 1.86 bits per heavy atom. The number of hydrogen-bond donors (Lipinski definition) is 1. The van der Waals surface area contributed by atoms with Gasteiger partial charge in [-0.1, -0.05) is 48.8 Å². The first-order chi connectivity index (χ1) is 13.3. The molecule has 0 aliphatic rings. The highest BCUT2D eigenvalue weighted by Gasteiger charge is 2.37. The van der Waals surface area contributed by atoms with Gasteiger partial charge in [0.15, 0.2) is 14.1 Å². The third kappa shape index (κ3) is 5.77. The molecule has 1 atom stereocenters. The van der Waals surface area contributed by atoms with E-state index in [1.165, 1.54) is 6.07 Å². The molecule has 29 heavy (non-hydrogen) atoms. The molecule has 0 saturated heterocycles. The van der Waals surface area contributed by atoms with Crippen LogP contribution in [-0.2, 0) is 11.0 Å². The van der Waals surface area contributed by atoms with Crippen LogP contribution in [0.4, 0.5) is 0 Å². The molecule has 0 spiro atoms. The topological polar surface area (TPSA) is 103 Å². The third-order valence-corrected chi connectivity index (χ3v) is 10.3. The van der Waals surface area contributed by atoms with Crippen molar-refractivity contribution in [3.05, 3.63) is 72.2 Å². The monoisotopic (exact) mass is 483 g/mol. The van der Waals surface area contributed by atoms with Crippen LogP contribution < -0.4 is 5.43 Å². The number of benzene rings is 1. The molecule has 1 heterocycles. The van der Waals surface area contributed by atoms with Crippen molar-refractivity contribution < 1.29 is 18.9 Å². The molecule has 158 valence electrons. The Labute approximate surface area is 179 Å². The second-order valence-corrected chi connectivity index (χ2v) is 14.2. The molecule has 2 aromatic rings. The van der Waals surface area contributed by atoms with E-state index in [1.807, 2.05) is 0 Å². The van der Waals surface area contributed by atoms with Crippen molar-refractivity contribution >= 4 is 24.2 Å². The largest absolute Gasteiger partial charge is 0.502 e. The lowest BCUT2D eigenvalue weighted by Gasteiger charge is -2.35. The maximum atomic E-state index is 12.3. The second-order valence-electron chi connectivity index (χ2n) is 8.46. The fraction of sp³-hybridized carbons (Fsp3) is 0.450. The molecule has 0 amide bonds. The van der Waals surface area contributed by atoms with Crippen LogP contribution in [0.1, 0.15) is 43.8 Å². The van der Waals surface area contributed by atoms with Gasteiger partial charge in [0, 0.05) is 15.5 Å². The molecule has 1 N–H and O–H groups in total. The lowest BCUT2D eigenvalue weighted by molar-refractivity contribution is -0.482. The Bertz CT molecular complexity index is 933. The summed E-state index contributed by atoms with van der Waals surface area (Å²) in [5.74, 6) is -1.40. The van der Waals surface area contributed by atoms with Crippen molar-refractivity contribution in [3.63, 3.8) is 0 Å². The fourth-order valence-electron chi connectivity index (χ4n) is 2.51. The Morgan fingerprint density at radius 1 is 1.28 bits per heavy atom. The number of rotatable bonds is 7. The van der Waals surface area contributed by atoms with Crippen LogP contribution in [0.25, 0.3) is 0 Å². The predicted octanol–water partition coefficient (Wildman–Crippen LogP) is 5.04. The lowest BCUT2D eigenvalue weighted by Crippen LogP contribution is -2.40. The molecule has 0 fully saturated rings. The van der Waals surface area contributed by atoms with Gasteiger partial charge in [-0.05, 0) is 35.8 Å². The van der Waals surface area contributed by atoms with Crippen molar-refractivity contribution in [1.29, 1.82) is 0 Å². The van der Waals surface area contributed by atoms with Gasteiger partial charge in [0.1, 0.15) is 11.7 Å². The summed E-state index contributed by atoms with van der Waals surface area (Å²) in [5.41, 5.74) is -0.0867. The van der Waals surface area contributed by atoms with Gasteiger partial charge in [-0.15, -0.1) is 0 Å². The van der Waals surface area contributed by atoms with Gasteiger partial charge in [0.2, 0.25) is 17.7 Å². The van der Waals surface area contributed by atoms with Crippen LogP contribution >= 0.6 is 15.9 Å². The minimum Gasteiger partial charge on any atom is -0.502 e. The van der Waals surface area contributed by atoms with Crippen molar-refractivity contribution in [1.82, 2.24) is 0 Å². The summed E-state index contributed by atoms with van der Waals surface area (Å²) in [6.07, 6.45) is 0. The van der Waals surface area contributed by atoms with Gasteiger partial charge in [-0.3, -0.25) is 14.9 Å². The molecule has 0 aliphatic heterocycles. The van der Waals surface area contributed by atoms with Gasteiger partial charge >= 0.3 is 0 Å². The first kappa shape index (κ1) is 23.3. The van der Waals surface area contributed by atoms with E-state index in [9.17, 15) is 20.0 Å². The van der Waals surface area contributed by atoms with E-state index in [2.05, 4.69) is 49.8 Å². The van der Waals surface area contributed by atoms with Gasteiger partial charge in [0.05, 0.1) is 6.61 Å². The quantitative estimate of drug-likeness (QED) is 0.336. The van der Waals surface area contributed by atoms with Gasteiger partial charge in [-0.2, -0.15) is 0 Å². The maximum Gasteiger partial charge on any atom is 0.227 e. The third-order valence-electron chi connectivity index (χ3n) is 5.30. The highest BCUT2D eigenvalue weighted by molar-refractivity contribution is 9.10. The van der Waals surface area contributed by atoms with E-state index >= 15 is 0 Å². The summed E-state index contributed by atoms with van der Waals surface area (Å²) in [7, 11) is -2.10. The van der Waals surface area contributed by atoms with Gasteiger partial charge in [0.25, 0.3) is 0 Å². The number of nitro groups is 1. The number of aromatic hydroxyl groups is 1. The fourth-order valence-corrected chi connectivity index (χ4v) is 3.71. The highest BCUT2D eigenvalue weighted by Crippen LogP contribution is 2.37. The molecule has 1 unspecified atom stereocenters. The van der Waals surface area contributed by atoms with Crippen LogP contribution in [0.3, 0.4) is 0 Å². The Kier molecular flexibility index (Phi) is 7.08. The minimum atomic E-state index is -2.10. The van der Waals surface area contributed by atoms with Crippen LogP contribution in [0, 0.1) is 10.1 Å². The summed E-state index contributed by atoms with van der Waals surface area (Å²) < 4.78 is 12.7. The lowest BCUT2D eigenvalue weighted by atomic mass is 9.95. The summed E-state index contributed by atoms with van der Waals surface area (Å²) in [6, 6.07) is 8.04. The van der Waals surface area contributed by atoms with Crippen molar-refractivity contribution in [2.45, 2.75) is 51.4 Å². The molecule has 9 heteroatoms. The zero-order chi connectivity index (χ0) is 22.0. The average molecular weight is 484 g/mol. The standard InChI is InChI=1S/C20H26BrNO6Si/c1-20(2,3)29(4,5)27-12-15-10-17(23)18(24)19(28-15)16(11-22(25)26)13-6-8-14(21)9-7-13/h6-10,16,24H,11-12H2,1-5H3. The molecule has 1 aromatic heterocycles. The summed E-state index contributed by atoms with van der Waals surface area (Å²) in [4.78, 5) is 23.1. The molecule has 0 bridgehead atoms. The second kappa shape index (κ2) is 8.81. The average Bonchev–Trinajstić information content (AvgIpc) is 2.60. The smallest absolute Gasteiger partial charge is 0.227 e. The SMILES string of the molecule is CC(C)(C)[Si](C)(C)OCc1cc(=O)c(O)c(C(C[N+](=O)[O-])c2ccc(Br)cc2)o1. The van der Waals surface area contributed by atoms with Gasteiger partial charge < -0.3 is 13.9 Å². The van der Waals surface area contributed by atoms with Gasteiger partial charge in [-0.25, -0.2) is 0 Å². The van der Waals surface area contributed by atoms with Crippen molar-refractivity contribution in [2.75, 3.05) is 6.54 Å². The maximum absolute atomic E-state index is 12.3.